The van der Waals surface area contributed by atoms with E-state index < -0.39 is 11.8 Å². The van der Waals surface area contributed by atoms with Gasteiger partial charge in [-0.25, -0.2) is 0 Å². The van der Waals surface area contributed by atoms with E-state index in [0.717, 1.165) is 5.56 Å². The number of benzene rings is 1. The zero-order chi connectivity index (χ0) is 14.5. The SMILES string of the molecule is NC[CH]c1cccc(NC(=O)c2cc(C(N)=O)on2)c1. The van der Waals surface area contributed by atoms with Gasteiger partial charge in [-0.05, 0) is 24.2 Å². The number of amides is 2. The third kappa shape index (κ3) is 3.21. The average Bonchev–Trinajstić information content (AvgIpc) is 2.89. The molecule has 0 aliphatic heterocycles. The van der Waals surface area contributed by atoms with Crippen molar-refractivity contribution in [2.75, 3.05) is 11.9 Å². The number of hydrogen-bond donors (Lipinski definition) is 3. The van der Waals surface area contributed by atoms with E-state index in [4.69, 9.17) is 11.5 Å². The molecule has 1 aromatic heterocycles. The van der Waals surface area contributed by atoms with E-state index in [1.807, 2.05) is 12.5 Å². The largest absolute Gasteiger partial charge is 0.363 e. The highest BCUT2D eigenvalue weighted by Crippen LogP contribution is 2.13. The van der Waals surface area contributed by atoms with Crippen LogP contribution in [-0.2, 0) is 0 Å². The molecule has 2 amide bonds. The lowest BCUT2D eigenvalue weighted by atomic mass is 10.1. The Kier molecular flexibility index (Phi) is 4.11. The summed E-state index contributed by atoms with van der Waals surface area (Å²) in [5.41, 5.74) is 11.9. The smallest absolute Gasteiger partial charge is 0.287 e. The standard InChI is InChI=1S/C13H13N4O3/c14-5-4-8-2-1-3-9(6-8)16-13(19)10-7-11(12(15)18)20-17-10/h1-4,6-7H,5,14H2,(H2,15,18)(H,16,19). The Balaban J connectivity index is 2.10. The van der Waals surface area contributed by atoms with E-state index >= 15 is 0 Å². The number of carbonyl (C=O) groups is 2. The van der Waals surface area contributed by atoms with Crippen LogP contribution in [0.3, 0.4) is 0 Å². The van der Waals surface area contributed by atoms with Crippen LogP contribution in [0.1, 0.15) is 26.6 Å². The predicted octanol–water partition coefficient (Wildman–Crippen LogP) is 0.537. The van der Waals surface area contributed by atoms with Crippen LogP contribution >= 0.6 is 0 Å². The van der Waals surface area contributed by atoms with Gasteiger partial charge in [0.05, 0.1) is 0 Å². The second-order valence-electron chi connectivity index (χ2n) is 3.96. The maximum Gasteiger partial charge on any atom is 0.287 e. The second-order valence-corrected chi connectivity index (χ2v) is 3.96. The molecule has 0 unspecified atom stereocenters. The number of anilines is 1. The number of rotatable bonds is 5. The fourth-order valence-corrected chi connectivity index (χ4v) is 1.57. The van der Waals surface area contributed by atoms with Crippen LogP contribution in [0, 0.1) is 6.42 Å². The van der Waals surface area contributed by atoms with Gasteiger partial charge >= 0.3 is 0 Å². The van der Waals surface area contributed by atoms with Crippen LogP contribution in [0.4, 0.5) is 5.69 Å². The first-order chi connectivity index (χ1) is 9.60. The van der Waals surface area contributed by atoms with E-state index in [1.165, 1.54) is 6.07 Å². The molecule has 0 saturated heterocycles. The second kappa shape index (κ2) is 5.98. The maximum atomic E-state index is 11.9. The van der Waals surface area contributed by atoms with Crippen LogP contribution in [-0.4, -0.2) is 23.5 Å². The fraction of sp³-hybridized carbons (Fsp3) is 0.0769. The number of nitrogens with two attached hydrogens (primary N) is 2. The van der Waals surface area contributed by atoms with Crippen molar-refractivity contribution in [2.24, 2.45) is 11.5 Å². The van der Waals surface area contributed by atoms with Gasteiger partial charge in [-0.15, -0.1) is 0 Å². The van der Waals surface area contributed by atoms with Crippen molar-refractivity contribution in [3.63, 3.8) is 0 Å². The molecule has 0 aliphatic rings. The molecular weight excluding hydrogens is 260 g/mol. The van der Waals surface area contributed by atoms with Crippen LogP contribution < -0.4 is 16.8 Å². The number of hydrogen-bond acceptors (Lipinski definition) is 5. The predicted molar refractivity (Wildman–Crippen MR) is 71.9 cm³/mol. The number of nitrogens with zero attached hydrogens (tertiary/aromatic N) is 1. The summed E-state index contributed by atoms with van der Waals surface area (Å²) >= 11 is 0. The van der Waals surface area contributed by atoms with Crippen molar-refractivity contribution >= 4 is 17.5 Å². The van der Waals surface area contributed by atoms with Gasteiger partial charge in [-0.3, -0.25) is 9.59 Å². The zero-order valence-electron chi connectivity index (χ0n) is 10.5. The third-order valence-electron chi connectivity index (χ3n) is 2.48. The van der Waals surface area contributed by atoms with Crippen molar-refractivity contribution in [3.05, 3.63) is 53.8 Å². The molecule has 20 heavy (non-hydrogen) atoms. The molecule has 103 valence electrons. The van der Waals surface area contributed by atoms with Crippen LogP contribution in [0.5, 0.6) is 0 Å². The summed E-state index contributed by atoms with van der Waals surface area (Å²) in [6.45, 7) is 0.405. The molecule has 2 rings (SSSR count). The molecular formula is C13H13N4O3. The lowest BCUT2D eigenvalue weighted by Crippen LogP contribution is -2.13. The number of nitrogens with one attached hydrogen (secondary N) is 1. The van der Waals surface area contributed by atoms with Crippen LogP contribution in [0.25, 0.3) is 0 Å². The van der Waals surface area contributed by atoms with Gasteiger partial charge < -0.3 is 21.3 Å². The van der Waals surface area contributed by atoms with E-state index in [9.17, 15) is 9.59 Å². The summed E-state index contributed by atoms with van der Waals surface area (Å²) in [5, 5.41) is 6.11. The molecule has 1 aromatic carbocycles. The first-order valence-corrected chi connectivity index (χ1v) is 5.81. The van der Waals surface area contributed by atoms with Crippen molar-refractivity contribution in [1.82, 2.24) is 5.16 Å². The minimum absolute atomic E-state index is 0.0213. The van der Waals surface area contributed by atoms with Gasteiger partial charge in [-0.2, -0.15) is 0 Å². The summed E-state index contributed by atoms with van der Waals surface area (Å²) in [5.74, 6) is -1.44. The quantitative estimate of drug-likeness (QED) is 0.733. The Morgan fingerprint density at radius 3 is 2.80 bits per heavy atom. The molecule has 0 saturated carbocycles. The van der Waals surface area contributed by atoms with E-state index in [2.05, 4.69) is 15.0 Å². The monoisotopic (exact) mass is 273 g/mol. The maximum absolute atomic E-state index is 11.9. The van der Waals surface area contributed by atoms with Gasteiger partial charge in [0.1, 0.15) is 0 Å². The highest BCUT2D eigenvalue weighted by atomic mass is 16.5. The molecule has 0 bridgehead atoms. The van der Waals surface area contributed by atoms with Crippen LogP contribution in [0.2, 0.25) is 0 Å². The molecule has 5 N–H and O–H groups in total. The van der Waals surface area contributed by atoms with E-state index in [-0.39, 0.29) is 11.5 Å². The van der Waals surface area contributed by atoms with Gasteiger partial charge in [0.15, 0.2) is 5.69 Å². The molecule has 0 aliphatic carbocycles. The zero-order valence-corrected chi connectivity index (χ0v) is 10.5. The Labute approximate surface area is 114 Å². The third-order valence-corrected chi connectivity index (χ3v) is 2.48. The average molecular weight is 273 g/mol. The Morgan fingerprint density at radius 1 is 1.35 bits per heavy atom. The van der Waals surface area contributed by atoms with Crippen molar-refractivity contribution in [2.45, 2.75) is 0 Å². The molecule has 2 aromatic rings. The normalized spacial score (nSPS) is 10.2. The van der Waals surface area contributed by atoms with Crippen LogP contribution in [0.15, 0.2) is 34.9 Å². The minimum atomic E-state index is -0.781. The first-order valence-electron chi connectivity index (χ1n) is 5.81. The molecule has 1 heterocycles. The van der Waals surface area contributed by atoms with Gasteiger partial charge in [0, 0.05) is 18.2 Å². The summed E-state index contributed by atoms with van der Waals surface area (Å²) < 4.78 is 4.64. The summed E-state index contributed by atoms with van der Waals surface area (Å²) in [4.78, 5) is 22.8. The Morgan fingerprint density at radius 2 is 2.15 bits per heavy atom. The first kappa shape index (κ1) is 13.8. The Bertz CT molecular complexity index is 636. The molecule has 0 atom stereocenters. The lowest BCUT2D eigenvalue weighted by molar-refractivity contribution is 0.0960. The van der Waals surface area contributed by atoms with Gasteiger partial charge in [0.2, 0.25) is 5.76 Å². The van der Waals surface area contributed by atoms with E-state index in [0.29, 0.717) is 12.2 Å². The van der Waals surface area contributed by atoms with Gasteiger partial charge in [0.25, 0.3) is 11.8 Å². The molecule has 7 nitrogen and oxygen atoms in total. The Hall–Kier alpha value is -2.67. The molecule has 1 radical (unpaired) electrons. The number of primary amides is 1. The topological polar surface area (TPSA) is 124 Å². The highest BCUT2D eigenvalue weighted by molar-refractivity contribution is 6.04. The van der Waals surface area contributed by atoms with Crippen molar-refractivity contribution in [1.29, 1.82) is 0 Å². The summed E-state index contributed by atoms with van der Waals surface area (Å²) in [6.07, 6.45) is 1.82. The molecule has 0 fully saturated rings. The van der Waals surface area contributed by atoms with Crippen molar-refractivity contribution < 1.29 is 14.1 Å². The molecule has 0 spiro atoms. The summed E-state index contributed by atoms with van der Waals surface area (Å²) in [6, 6.07) is 8.33. The fourth-order valence-electron chi connectivity index (χ4n) is 1.57. The minimum Gasteiger partial charge on any atom is -0.363 e. The number of carbonyl (C=O) groups excluding carboxylic acids is 2. The summed E-state index contributed by atoms with van der Waals surface area (Å²) in [7, 11) is 0. The van der Waals surface area contributed by atoms with E-state index in [1.54, 1.807) is 18.2 Å². The number of aromatic nitrogens is 1. The van der Waals surface area contributed by atoms with Gasteiger partial charge in [-0.1, -0.05) is 17.3 Å². The molecule has 7 heteroatoms. The lowest BCUT2D eigenvalue weighted by Gasteiger charge is -2.05. The highest BCUT2D eigenvalue weighted by Gasteiger charge is 2.15. The van der Waals surface area contributed by atoms with Crippen molar-refractivity contribution in [3.8, 4) is 0 Å².